The quantitative estimate of drug-likeness (QED) is 0.819. The maximum Gasteiger partial charge on any atom is 0.227 e. The summed E-state index contributed by atoms with van der Waals surface area (Å²) in [6.45, 7) is 1.79. The van der Waals surface area contributed by atoms with Crippen molar-refractivity contribution in [2.45, 2.75) is 44.9 Å². The van der Waals surface area contributed by atoms with Crippen molar-refractivity contribution >= 4 is 40.7 Å². The van der Waals surface area contributed by atoms with Gasteiger partial charge in [-0.25, -0.2) is 0 Å². The molecular weight excluding hydrogens is 359 g/mol. The van der Waals surface area contributed by atoms with Gasteiger partial charge in [-0.15, -0.1) is 0 Å². The Labute approximate surface area is 158 Å². The van der Waals surface area contributed by atoms with E-state index >= 15 is 0 Å². The van der Waals surface area contributed by atoms with Crippen molar-refractivity contribution in [2.75, 3.05) is 18.4 Å². The van der Waals surface area contributed by atoms with Gasteiger partial charge in [0.15, 0.2) is 0 Å². The van der Waals surface area contributed by atoms with Crippen LogP contribution >= 0.6 is 23.2 Å². The van der Waals surface area contributed by atoms with Crippen molar-refractivity contribution in [2.24, 2.45) is 11.8 Å². The SMILES string of the molecule is O=C(Nc1ccc(Cl)cc1Cl)C1CCC(C(=O)N2CCCCC2)CC1. The number of hydrogen-bond acceptors (Lipinski definition) is 2. The van der Waals surface area contributed by atoms with Gasteiger partial charge in [0, 0.05) is 29.9 Å². The summed E-state index contributed by atoms with van der Waals surface area (Å²) in [5.74, 6) is 0.297. The van der Waals surface area contributed by atoms with Gasteiger partial charge in [0.25, 0.3) is 0 Å². The number of halogens is 2. The summed E-state index contributed by atoms with van der Waals surface area (Å²) in [4.78, 5) is 27.1. The van der Waals surface area contributed by atoms with Crippen molar-refractivity contribution < 1.29 is 9.59 Å². The van der Waals surface area contributed by atoms with E-state index < -0.39 is 0 Å². The van der Waals surface area contributed by atoms with Gasteiger partial charge in [-0.1, -0.05) is 23.2 Å². The van der Waals surface area contributed by atoms with Crippen LogP contribution in [0.3, 0.4) is 0 Å². The standard InChI is InChI=1S/C19H24Cl2N2O2/c20-15-8-9-17(16(21)12-15)22-18(24)13-4-6-14(7-5-13)19(25)23-10-2-1-3-11-23/h8-9,12-14H,1-7,10-11H2,(H,22,24). The maximum absolute atomic E-state index is 12.6. The van der Waals surface area contributed by atoms with Crippen molar-refractivity contribution in [3.8, 4) is 0 Å². The van der Waals surface area contributed by atoms with Crippen LogP contribution in [0.5, 0.6) is 0 Å². The molecule has 25 heavy (non-hydrogen) atoms. The molecule has 1 aliphatic heterocycles. The van der Waals surface area contributed by atoms with Crippen molar-refractivity contribution in [3.63, 3.8) is 0 Å². The van der Waals surface area contributed by atoms with Crippen LogP contribution in [-0.2, 0) is 9.59 Å². The first-order chi connectivity index (χ1) is 12.0. The Bertz CT molecular complexity index is 636. The molecule has 1 aromatic carbocycles. The molecule has 0 unspecified atom stereocenters. The molecule has 0 atom stereocenters. The van der Waals surface area contributed by atoms with Crippen molar-refractivity contribution in [1.82, 2.24) is 4.90 Å². The number of hydrogen-bond donors (Lipinski definition) is 1. The maximum atomic E-state index is 12.6. The largest absolute Gasteiger partial charge is 0.342 e. The summed E-state index contributed by atoms with van der Waals surface area (Å²) in [7, 11) is 0. The number of anilines is 1. The Morgan fingerprint density at radius 1 is 0.960 bits per heavy atom. The van der Waals surface area contributed by atoms with Crippen LogP contribution in [0.15, 0.2) is 18.2 Å². The number of benzene rings is 1. The van der Waals surface area contributed by atoms with Crippen LogP contribution in [-0.4, -0.2) is 29.8 Å². The van der Waals surface area contributed by atoms with Crippen molar-refractivity contribution in [3.05, 3.63) is 28.2 Å². The predicted octanol–water partition coefficient (Wildman–Crippen LogP) is 4.75. The first kappa shape index (κ1) is 18.5. The molecule has 2 fully saturated rings. The first-order valence-electron chi connectivity index (χ1n) is 9.09. The van der Waals surface area contributed by atoms with Crippen LogP contribution in [0, 0.1) is 11.8 Å². The van der Waals surface area contributed by atoms with Gasteiger partial charge in [-0.2, -0.15) is 0 Å². The van der Waals surface area contributed by atoms with Crippen molar-refractivity contribution in [1.29, 1.82) is 0 Å². The highest BCUT2D eigenvalue weighted by Gasteiger charge is 2.32. The third-order valence-electron chi connectivity index (χ3n) is 5.30. The minimum Gasteiger partial charge on any atom is -0.342 e. The lowest BCUT2D eigenvalue weighted by Crippen LogP contribution is -2.41. The zero-order valence-electron chi connectivity index (χ0n) is 14.3. The number of rotatable bonds is 3. The Hall–Kier alpha value is -1.26. The second kappa shape index (κ2) is 8.41. The smallest absolute Gasteiger partial charge is 0.227 e. The average molecular weight is 383 g/mol. The minimum absolute atomic E-state index is 0.0203. The fourth-order valence-electron chi connectivity index (χ4n) is 3.80. The molecule has 0 aromatic heterocycles. The molecule has 136 valence electrons. The first-order valence-corrected chi connectivity index (χ1v) is 9.85. The van der Waals surface area contributed by atoms with Gasteiger partial charge in [-0.3, -0.25) is 9.59 Å². The molecule has 6 heteroatoms. The van der Waals surface area contributed by atoms with Gasteiger partial charge in [-0.05, 0) is 63.1 Å². The van der Waals surface area contributed by atoms with Crippen LogP contribution in [0.4, 0.5) is 5.69 Å². The Balaban J connectivity index is 1.51. The van der Waals surface area contributed by atoms with Crippen LogP contribution in [0.25, 0.3) is 0 Å². The lowest BCUT2D eigenvalue weighted by molar-refractivity contribution is -0.138. The van der Waals surface area contributed by atoms with E-state index in [4.69, 9.17) is 23.2 Å². The molecule has 1 aliphatic carbocycles. The molecule has 4 nitrogen and oxygen atoms in total. The molecule has 1 aromatic rings. The Morgan fingerprint density at radius 2 is 1.60 bits per heavy atom. The van der Waals surface area contributed by atoms with Gasteiger partial charge < -0.3 is 10.2 Å². The van der Waals surface area contributed by atoms with Crippen LogP contribution in [0.1, 0.15) is 44.9 Å². The number of piperidine rings is 1. The van der Waals surface area contributed by atoms with Gasteiger partial charge in [0.2, 0.25) is 11.8 Å². The fraction of sp³-hybridized carbons (Fsp3) is 0.579. The van der Waals surface area contributed by atoms with E-state index in [0.717, 1.165) is 51.6 Å². The Morgan fingerprint density at radius 3 is 2.24 bits per heavy atom. The lowest BCUT2D eigenvalue weighted by Gasteiger charge is -2.33. The molecule has 3 rings (SSSR count). The molecule has 1 heterocycles. The van der Waals surface area contributed by atoms with Gasteiger partial charge in [0.05, 0.1) is 10.7 Å². The molecular formula is C19H24Cl2N2O2. The van der Waals surface area contributed by atoms with Crippen LogP contribution < -0.4 is 5.32 Å². The summed E-state index contributed by atoms with van der Waals surface area (Å²) >= 11 is 12.0. The average Bonchev–Trinajstić information content (AvgIpc) is 2.64. The summed E-state index contributed by atoms with van der Waals surface area (Å²) in [6, 6.07) is 5.04. The van der Waals surface area contributed by atoms with E-state index in [9.17, 15) is 9.59 Å². The molecule has 2 amide bonds. The highest BCUT2D eigenvalue weighted by atomic mass is 35.5. The van der Waals surface area contributed by atoms with Gasteiger partial charge >= 0.3 is 0 Å². The van der Waals surface area contributed by atoms with E-state index in [1.165, 1.54) is 6.42 Å². The number of nitrogens with zero attached hydrogens (tertiary/aromatic N) is 1. The van der Waals surface area contributed by atoms with Gasteiger partial charge in [0.1, 0.15) is 0 Å². The summed E-state index contributed by atoms with van der Waals surface area (Å²) in [6.07, 6.45) is 6.55. The summed E-state index contributed by atoms with van der Waals surface area (Å²) in [5, 5.41) is 3.87. The minimum atomic E-state index is -0.0582. The fourth-order valence-corrected chi connectivity index (χ4v) is 4.26. The Kier molecular flexibility index (Phi) is 6.24. The molecule has 1 saturated carbocycles. The van der Waals surface area contributed by atoms with E-state index in [-0.39, 0.29) is 17.7 Å². The second-order valence-corrected chi connectivity index (χ2v) is 7.89. The van der Waals surface area contributed by atoms with E-state index in [2.05, 4.69) is 5.32 Å². The normalized spacial score (nSPS) is 24.0. The predicted molar refractivity (Wildman–Crippen MR) is 101 cm³/mol. The number of nitrogens with one attached hydrogen (secondary N) is 1. The molecule has 0 bridgehead atoms. The molecule has 1 N–H and O–H groups in total. The molecule has 0 radical (unpaired) electrons. The van der Waals surface area contributed by atoms with E-state index in [1.807, 2.05) is 4.90 Å². The molecule has 1 saturated heterocycles. The van der Waals surface area contributed by atoms with Crippen LogP contribution in [0.2, 0.25) is 10.0 Å². The third-order valence-corrected chi connectivity index (χ3v) is 5.85. The zero-order chi connectivity index (χ0) is 17.8. The second-order valence-electron chi connectivity index (χ2n) is 7.05. The lowest BCUT2D eigenvalue weighted by atomic mass is 9.80. The topological polar surface area (TPSA) is 49.4 Å². The zero-order valence-corrected chi connectivity index (χ0v) is 15.8. The molecule has 0 spiro atoms. The number of carbonyl (C=O) groups excluding carboxylic acids is 2. The van der Waals surface area contributed by atoms with E-state index in [0.29, 0.717) is 21.6 Å². The monoisotopic (exact) mass is 382 g/mol. The number of likely N-dealkylation sites (tertiary alicyclic amines) is 1. The van der Waals surface area contributed by atoms with E-state index in [1.54, 1.807) is 18.2 Å². The third kappa shape index (κ3) is 4.68. The summed E-state index contributed by atoms with van der Waals surface area (Å²) < 4.78 is 0. The number of carbonyl (C=O) groups is 2. The summed E-state index contributed by atoms with van der Waals surface area (Å²) in [5.41, 5.74) is 0.586. The molecule has 2 aliphatic rings. The number of amides is 2. The highest BCUT2D eigenvalue weighted by Crippen LogP contribution is 2.32. The highest BCUT2D eigenvalue weighted by molar-refractivity contribution is 6.36.